The third-order valence-corrected chi connectivity index (χ3v) is 4.31. The molecule has 1 aromatic rings. The number of carbonyl (C=O) groups excluding carboxylic acids is 1. The maximum absolute atomic E-state index is 13.4. The van der Waals surface area contributed by atoms with Crippen LogP contribution in [0.25, 0.3) is 0 Å². The fourth-order valence-electron chi connectivity index (χ4n) is 1.74. The lowest BCUT2D eigenvalue weighted by atomic mass is 10.0. The zero-order valence-electron chi connectivity index (χ0n) is 10.1. The molecule has 104 valence electrons. The minimum atomic E-state index is -0.866. The van der Waals surface area contributed by atoms with E-state index in [1.165, 1.54) is 18.2 Å². The number of thioether (sulfide) groups is 1. The number of amides is 2. The molecule has 0 aromatic heterocycles. The van der Waals surface area contributed by atoms with E-state index in [0.717, 1.165) is 5.75 Å². The Kier molecular flexibility index (Phi) is 4.54. The zero-order valence-corrected chi connectivity index (χ0v) is 11.7. The second-order valence-corrected chi connectivity index (χ2v) is 6.00. The first kappa shape index (κ1) is 14.4. The van der Waals surface area contributed by atoms with Crippen LogP contribution in [0.4, 0.5) is 14.9 Å². The molecule has 3 N–H and O–H groups in total. The first-order chi connectivity index (χ1) is 8.98. The summed E-state index contributed by atoms with van der Waals surface area (Å²) in [5, 5.41) is 15.3. The Hall–Kier alpha value is -0.980. The molecule has 0 bridgehead atoms. The van der Waals surface area contributed by atoms with Crippen LogP contribution in [-0.4, -0.2) is 34.8 Å². The quantitative estimate of drug-likeness (QED) is 0.804. The Balaban J connectivity index is 1.89. The molecule has 7 heteroatoms. The highest BCUT2D eigenvalue weighted by atomic mass is 35.5. The molecule has 1 atom stereocenters. The summed E-state index contributed by atoms with van der Waals surface area (Å²) in [6.45, 7) is 0.147. The van der Waals surface area contributed by atoms with E-state index in [1.54, 1.807) is 11.8 Å². The third kappa shape index (κ3) is 3.99. The van der Waals surface area contributed by atoms with Crippen molar-refractivity contribution < 1.29 is 14.3 Å². The summed E-state index contributed by atoms with van der Waals surface area (Å²) in [5.41, 5.74) is -0.854. The highest BCUT2D eigenvalue weighted by molar-refractivity contribution is 7.99. The van der Waals surface area contributed by atoms with E-state index in [4.69, 9.17) is 11.6 Å². The number of carbonyl (C=O) groups is 1. The number of hydrogen-bond acceptors (Lipinski definition) is 3. The molecular formula is C12H14ClFN2O2S. The third-order valence-electron chi connectivity index (χ3n) is 2.84. The van der Waals surface area contributed by atoms with Crippen LogP contribution in [0.15, 0.2) is 18.2 Å². The highest BCUT2D eigenvalue weighted by Crippen LogP contribution is 2.27. The van der Waals surface area contributed by atoms with E-state index < -0.39 is 17.4 Å². The molecule has 19 heavy (non-hydrogen) atoms. The molecule has 0 aliphatic carbocycles. The van der Waals surface area contributed by atoms with Crippen molar-refractivity contribution in [3.63, 3.8) is 0 Å². The van der Waals surface area contributed by atoms with Gasteiger partial charge >= 0.3 is 6.03 Å². The summed E-state index contributed by atoms with van der Waals surface area (Å²) in [6, 6.07) is 3.35. The van der Waals surface area contributed by atoms with Gasteiger partial charge in [0.2, 0.25) is 0 Å². The zero-order chi connectivity index (χ0) is 13.9. The van der Waals surface area contributed by atoms with Crippen molar-refractivity contribution in [2.75, 3.05) is 23.4 Å². The summed E-state index contributed by atoms with van der Waals surface area (Å²) in [4.78, 5) is 11.6. The second kappa shape index (κ2) is 5.98. The largest absolute Gasteiger partial charge is 0.387 e. The van der Waals surface area contributed by atoms with Gasteiger partial charge in [-0.05, 0) is 30.4 Å². The van der Waals surface area contributed by atoms with Crippen molar-refractivity contribution in [1.82, 2.24) is 5.32 Å². The Morgan fingerprint density at radius 1 is 1.58 bits per heavy atom. The van der Waals surface area contributed by atoms with Crippen LogP contribution in [0.2, 0.25) is 5.02 Å². The Bertz CT molecular complexity index is 481. The van der Waals surface area contributed by atoms with Gasteiger partial charge in [-0.15, -0.1) is 0 Å². The maximum atomic E-state index is 13.4. The van der Waals surface area contributed by atoms with Crippen molar-refractivity contribution in [2.24, 2.45) is 0 Å². The number of anilines is 1. The summed E-state index contributed by atoms with van der Waals surface area (Å²) in [5.74, 6) is 0.913. The minimum Gasteiger partial charge on any atom is -0.387 e. The topological polar surface area (TPSA) is 61.4 Å². The van der Waals surface area contributed by atoms with Gasteiger partial charge in [-0.25, -0.2) is 9.18 Å². The SMILES string of the molecule is O=C(NCC1(O)CCSC1)Nc1cc(Cl)ccc1F. The van der Waals surface area contributed by atoms with Gasteiger partial charge in [0.05, 0.1) is 11.3 Å². The average Bonchev–Trinajstić information content (AvgIpc) is 2.79. The van der Waals surface area contributed by atoms with Gasteiger partial charge in [-0.1, -0.05) is 11.6 Å². The average molecular weight is 305 g/mol. The van der Waals surface area contributed by atoms with E-state index in [9.17, 15) is 14.3 Å². The first-order valence-corrected chi connectivity index (χ1v) is 7.32. The normalized spacial score (nSPS) is 22.3. The van der Waals surface area contributed by atoms with Gasteiger partial charge in [0.15, 0.2) is 0 Å². The molecule has 1 fully saturated rings. The van der Waals surface area contributed by atoms with Crippen LogP contribution in [0.5, 0.6) is 0 Å². The Labute approximate surface area is 119 Å². The monoisotopic (exact) mass is 304 g/mol. The van der Waals surface area contributed by atoms with E-state index in [0.29, 0.717) is 17.2 Å². The summed E-state index contributed by atoms with van der Waals surface area (Å²) >= 11 is 7.36. The van der Waals surface area contributed by atoms with Gasteiger partial charge in [-0.2, -0.15) is 11.8 Å². The molecular weight excluding hydrogens is 291 g/mol. The molecule has 1 aliphatic rings. The number of benzene rings is 1. The van der Waals surface area contributed by atoms with Gasteiger partial charge < -0.3 is 15.7 Å². The highest BCUT2D eigenvalue weighted by Gasteiger charge is 2.31. The fourth-order valence-corrected chi connectivity index (χ4v) is 3.21. The van der Waals surface area contributed by atoms with Crippen molar-refractivity contribution in [2.45, 2.75) is 12.0 Å². The smallest absolute Gasteiger partial charge is 0.319 e. The number of hydrogen-bond donors (Lipinski definition) is 3. The molecule has 0 radical (unpaired) electrons. The van der Waals surface area contributed by atoms with Gasteiger partial charge in [-0.3, -0.25) is 0 Å². The number of nitrogens with one attached hydrogen (secondary N) is 2. The predicted molar refractivity (Wildman–Crippen MR) is 75.3 cm³/mol. The van der Waals surface area contributed by atoms with Gasteiger partial charge in [0.1, 0.15) is 5.82 Å². The number of aliphatic hydroxyl groups is 1. The summed E-state index contributed by atoms with van der Waals surface area (Å²) in [7, 11) is 0. The van der Waals surface area contributed by atoms with E-state index in [-0.39, 0.29) is 12.2 Å². The molecule has 0 spiro atoms. The summed E-state index contributed by atoms with van der Waals surface area (Å²) < 4.78 is 13.4. The lowest BCUT2D eigenvalue weighted by Crippen LogP contribution is -2.44. The second-order valence-electron chi connectivity index (χ2n) is 4.46. The maximum Gasteiger partial charge on any atom is 0.319 e. The van der Waals surface area contributed by atoms with Crippen molar-refractivity contribution in [1.29, 1.82) is 0 Å². The molecule has 1 saturated heterocycles. The first-order valence-electron chi connectivity index (χ1n) is 5.79. The van der Waals surface area contributed by atoms with E-state index in [1.807, 2.05) is 0 Å². The van der Waals surface area contributed by atoms with Crippen LogP contribution >= 0.6 is 23.4 Å². The fraction of sp³-hybridized carbons (Fsp3) is 0.417. The van der Waals surface area contributed by atoms with Crippen LogP contribution in [0.1, 0.15) is 6.42 Å². The van der Waals surface area contributed by atoms with Crippen LogP contribution in [0, 0.1) is 5.82 Å². The lowest BCUT2D eigenvalue weighted by molar-refractivity contribution is 0.0706. The van der Waals surface area contributed by atoms with Crippen molar-refractivity contribution in [3.8, 4) is 0 Å². The number of halogens is 2. The Morgan fingerprint density at radius 3 is 3.05 bits per heavy atom. The molecule has 0 saturated carbocycles. The summed E-state index contributed by atoms with van der Waals surface area (Å²) in [6.07, 6.45) is 0.642. The van der Waals surface area contributed by atoms with Crippen LogP contribution in [0.3, 0.4) is 0 Å². The van der Waals surface area contributed by atoms with Crippen molar-refractivity contribution >= 4 is 35.1 Å². The molecule has 1 heterocycles. The molecule has 2 rings (SSSR count). The van der Waals surface area contributed by atoms with Crippen molar-refractivity contribution in [3.05, 3.63) is 29.0 Å². The molecule has 1 aliphatic heterocycles. The predicted octanol–water partition coefficient (Wildman–Crippen LogP) is 2.47. The minimum absolute atomic E-state index is 0.0118. The van der Waals surface area contributed by atoms with Gasteiger partial charge in [0.25, 0.3) is 0 Å². The number of urea groups is 1. The van der Waals surface area contributed by atoms with E-state index >= 15 is 0 Å². The van der Waals surface area contributed by atoms with Gasteiger partial charge in [0, 0.05) is 17.3 Å². The molecule has 1 unspecified atom stereocenters. The molecule has 2 amide bonds. The van der Waals surface area contributed by atoms with Crippen LogP contribution < -0.4 is 10.6 Å². The van der Waals surface area contributed by atoms with E-state index in [2.05, 4.69) is 10.6 Å². The number of rotatable bonds is 3. The molecule has 4 nitrogen and oxygen atoms in total. The molecule has 1 aromatic carbocycles. The van der Waals surface area contributed by atoms with Crippen LogP contribution in [-0.2, 0) is 0 Å². The standard InChI is InChI=1S/C12H14ClFN2O2S/c13-8-1-2-9(14)10(5-8)16-11(17)15-6-12(18)3-4-19-7-12/h1-2,5,18H,3-4,6-7H2,(H2,15,16,17). The Morgan fingerprint density at radius 2 is 2.37 bits per heavy atom. The lowest BCUT2D eigenvalue weighted by Gasteiger charge is -2.21.